The van der Waals surface area contributed by atoms with Gasteiger partial charge in [-0.25, -0.2) is 9.67 Å². The van der Waals surface area contributed by atoms with Gasteiger partial charge in [0.15, 0.2) is 0 Å². The molecule has 3 aromatic rings. The number of hydrogen-bond donors (Lipinski definition) is 1. The van der Waals surface area contributed by atoms with Crippen molar-refractivity contribution in [1.29, 1.82) is 0 Å². The summed E-state index contributed by atoms with van der Waals surface area (Å²) in [6.45, 7) is 0. The van der Waals surface area contributed by atoms with E-state index in [4.69, 9.17) is 0 Å². The number of fused-ring (bicyclic) bond motifs is 1. The van der Waals surface area contributed by atoms with Crippen LogP contribution >= 0.6 is 0 Å². The third-order valence-corrected chi connectivity index (χ3v) is 3.80. The molecule has 5 heteroatoms. The van der Waals surface area contributed by atoms with Crippen LogP contribution in [0.3, 0.4) is 0 Å². The van der Waals surface area contributed by atoms with Crippen LogP contribution in [0.25, 0.3) is 27.9 Å². The fourth-order valence-corrected chi connectivity index (χ4v) is 2.65. The Bertz CT molecular complexity index is 962. The molecule has 1 N–H and O–H groups in total. The summed E-state index contributed by atoms with van der Waals surface area (Å²) in [5, 5.41) is 5.29. The molecule has 0 bridgehead atoms. The van der Waals surface area contributed by atoms with E-state index in [9.17, 15) is 4.79 Å². The Morgan fingerprint density at radius 2 is 2.27 bits per heavy atom. The largest absolute Gasteiger partial charge is 0.306 e. The van der Waals surface area contributed by atoms with Crippen LogP contribution in [-0.4, -0.2) is 19.7 Å². The molecule has 0 aromatic carbocycles. The minimum absolute atomic E-state index is 0.150. The second kappa shape index (κ2) is 5.11. The standard InChI is InChI=1S/C17H14N4O/c22-17-15(9-12-5-4-8-18-16(12)20-17)13-10-19-21(11-13)14-6-2-1-3-7-14/h1-2,4-6,8-11H,3,7H2,(H,18,20,22). The van der Waals surface area contributed by atoms with E-state index in [0.29, 0.717) is 11.2 Å². The maximum atomic E-state index is 12.3. The molecule has 4 rings (SSSR count). The summed E-state index contributed by atoms with van der Waals surface area (Å²) in [6, 6.07) is 5.64. The molecule has 0 amide bonds. The number of allylic oxidation sites excluding steroid dienone is 4. The Morgan fingerprint density at radius 1 is 1.32 bits per heavy atom. The van der Waals surface area contributed by atoms with Crippen molar-refractivity contribution in [2.45, 2.75) is 12.8 Å². The molecule has 5 nitrogen and oxygen atoms in total. The van der Waals surface area contributed by atoms with Gasteiger partial charge in [-0.2, -0.15) is 5.10 Å². The van der Waals surface area contributed by atoms with Crippen LogP contribution in [0.4, 0.5) is 0 Å². The highest BCUT2D eigenvalue weighted by atomic mass is 16.1. The number of H-pyrrole nitrogens is 1. The Labute approximate surface area is 126 Å². The Morgan fingerprint density at radius 3 is 3.14 bits per heavy atom. The summed E-state index contributed by atoms with van der Waals surface area (Å²) in [4.78, 5) is 19.2. The summed E-state index contributed by atoms with van der Waals surface area (Å²) >= 11 is 0. The van der Waals surface area contributed by atoms with Gasteiger partial charge in [-0.3, -0.25) is 4.79 Å². The average Bonchev–Trinajstić information content (AvgIpc) is 3.05. The number of rotatable bonds is 2. The molecular weight excluding hydrogens is 276 g/mol. The highest BCUT2D eigenvalue weighted by Crippen LogP contribution is 2.22. The lowest BCUT2D eigenvalue weighted by Crippen LogP contribution is -2.09. The molecule has 3 heterocycles. The number of nitrogens with zero attached hydrogens (tertiary/aromatic N) is 3. The van der Waals surface area contributed by atoms with Crippen molar-refractivity contribution in [3.63, 3.8) is 0 Å². The van der Waals surface area contributed by atoms with Crippen molar-refractivity contribution >= 4 is 16.7 Å². The molecule has 0 saturated carbocycles. The second-order valence-corrected chi connectivity index (χ2v) is 5.25. The van der Waals surface area contributed by atoms with Gasteiger partial charge < -0.3 is 4.98 Å². The van der Waals surface area contributed by atoms with Gasteiger partial charge in [-0.15, -0.1) is 0 Å². The predicted molar refractivity (Wildman–Crippen MR) is 86.2 cm³/mol. The minimum Gasteiger partial charge on any atom is -0.306 e. The van der Waals surface area contributed by atoms with Crippen molar-refractivity contribution < 1.29 is 0 Å². The van der Waals surface area contributed by atoms with E-state index in [1.807, 2.05) is 35.2 Å². The third-order valence-electron chi connectivity index (χ3n) is 3.80. The van der Waals surface area contributed by atoms with E-state index in [-0.39, 0.29) is 5.56 Å². The van der Waals surface area contributed by atoms with Crippen molar-refractivity contribution in [1.82, 2.24) is 19.7 Å². The molecule has 0 atom stereocenters. The molecule has 1 aliphatic rings. The number of nitrogens with one attached hydrogen (secondary N) is 1. The summed E-state index contributed by atoms with van der Waals surface area (Å²) in [7, 11) is 0. The zero-order chi connectivity index (χ0) is 14.9. The molecule has 0 fully saturated rings. The first kappa shape index (κ1) is 12.8. The van der Waals surface area contributed by atoms with Gasteiger partial charge in [-0.05, 0) is 37.1 Å². The SMILES string of the molecule is O=c1[nH]c2ncccc2cc1-c1cnn(C2=CC=CCC2)c1. The summed E-state index contributed by atoms with van der Waals surface area (Å²) in [5.41, 5.74) is 3.00. The zero-order valence-corrected chi connectivity index (χ0v) is 11.9. The zero-order valence-electron chi connectivity index (χ0n) is 11.9. The topological polar surface area (TPSA) is 63.6 Å². The summed E-state index contributed by atoms with van der Waals surface area (Å²) in [5.74, 6) is 0. The quantitative estimate of drug-likeness (QED) is 0.789. The second-order valence-electron chi connectivity index (χ2n) is 5.25. The van der Waals surface area contributed by atoms with Crippen LogP contribution in [0.1, 0.15) is 12.8 Å². The van der Waals surface area contributed by atoms with E-state index in [0.717, 1.165) is 29.5 Å². The van der Waals surface area contributed by atoms with Gasteiger partial charge in [0.05, 0.1) is 11.8 Å². The number of aromatic nitrogens is 4. The van der Waals surface area contributed by atoms with Gasteiger partial charge in [0.25, 0.3) is 5.56 Å². The minimum atomic E-state index is -0.150. The van der Waals surface area contributed by atoms with Crippen molar-refractivity contribution in [3.8, 4) is 11.1 Å². The highest BCUT2D eigenvalue weighted by Gasteiger charge is 2.10. The highest BCUT2D eigenvalue weighted by molar-refractivity contribution is 5.80. The maximum absolute atomic E-state index is 12.3. The lowest BCUT2D eigenvalue weighted by molar-refractivity contribution is 0.838. The monoisotopic (exact) mass is 290 g/mol. The number of aromatic amines is 1. The third kappa shape index (κ3) is 2.16. The molecule has 3 aromatic heterocycles. The van der Waals surface area contributed by atoms with Crippen LogP contribution in [0.15, 0.2) is 59.8 Å². The molecule has 1 aliphatic carbocycles. The first-order chi connectivity index (χ1) is 10.8. The van der Waals surface area contributed by atoms with Gasteiger partial charge in [0, 0.05) is 29.0 Å². The van der Waals surface area contributed by atoms with E-state index >= 15 is 0 Å². The van der Waals surface area contributed by atoms with Crippen molar-refractivity contribution in [3.05, 3.63) is 65.4 Å². The fourth-order valence-electron chi connectivity index (χ4n) is 2.65. The van der Waals surface area contributed by atoms with Gasteiger partial charge in [-0.1, -0.05) is 12.2 Å². The van der Waals surface area contributed by atoms with E-state index in [2.05, 4.69) is 27.2 Å². The molecule has 0 saturated heterocycles. The Hall–Kier alpha value is -2.95. The van der Waals surface area contributed by atoms with Crippen LogP contribution < -0.4 is 5.56 Å². The molecule has 22 heavy (non-hydrogen) atoms. The van der Waals surface area contributed by atoms with Crippen LogP contribution in [-0.2, 0) is 0 Å². The molecule has 0 unspecified atom stereocenters. The maximum Gasteiger partial charge on any atom is 0.257 e. The smallest absolute Gasteiger partial charge is 0.257 e. The average molecular weight is 290 g/mol. The lowest BCUT2D eigenvalue weighted by atomic mass is 10.1. The van der Waals surface area contributed by atoms with Gasteiger partial charge in [0.1, 0.15) is 5.65 Å². The number of pyridine rings is 2. The van der Waals surface area contributed by atoms with Crippen LogP contribution in [0.2, 0.25) is 0 Å². The molecule has 0 spiro atoms. The van der Waals surface area contributed by atoms with Crippen LogP contribution in [0, 0.1) is 0 Å². The summed E-state index contributed by atoms with van der Waals surface area (Å²) in [6.07, 6.45) is 13.5. The van der Waals surface area contributed by atoms with Crippen molar-refractivity contribution in [2.75, 3.05) is 0 Å². The Balaban J connectivity index is 1.81. The Kier molecular flexibility index (Phi) is 2.96. The van der Waals surface area contributed by atoms with Gasteiger partial charge in [0.2, 0.25) is 0 Å². The van der Waals surface area contributed by atoms with Gasteiger partial charge >= 0.3 is 0 Å². The molecule has 0 radical (unpaired) electrons. The fraction of sp³-hybridized carbons (Fsp3) is 0.118. The van der Waals surface area contributed by atoms with Crippen LogP contribution in [0.5, 0.6) is 0 Å². The number of hydrogen-bond acceptors (Lipinski definition) is 3. The van der Waals surface area contributed by atoms with E-state index < -0.39 is 0 Å². The van der Waals surface area contributed by atoms with E-state index in [1.165, 1.54) is 0 Å². The summed E-state index contributed by atoms with van der Waals surface area (Å²) < 4.78 is 1.84. The first-order valence-corrected chi connectivity index (χ1v) is 7.20. The molecule has 0 aliphatic heterocycles. The lowest BCUT2D eigenvalue weighted by Gasteiger charge is -2.08. The first-order valence-electron chi connectivity index (χ1n) is 7.20. The van der Waals surface area contributed by atoms with Crippen molar-refractivity contribution in [2.24, 2.45) is 0 Å². The van der Waals surface area contributed by atoms with E-state index in [1.54, 1.807) is 12.4 Å². The normalized spacial score (nSPS) is 14.3. The molecular formula is C17H14N4O. The molecule has 108 valence electrons. The predicted octanol–water partition coefficient (Wildman–Crippen LogP) is 2.98.